The van der Waals surface area contributed by atoms with E-state index in [1.165, 1.54) is 27.7 Å². The van der Waals surface area contributed by atoms with Crippen LogP contribution in [0, 0.1) is 30.2 Å². The molecule has 0 heterocycles. The summed E-state index contributed by atoms with van der Waals surface area (Å²) in [7, 11) is 0. The molecule has 0 saturated carbocycles. The Kier molecular flexibility index (Phi) is 19.2. The SMILES string of the molecule is C#[N+][C@H](C(=O)O[C@H](COC(=O)[C@H](O)C(C)C)[C@H](OC(C)=O)[C@H](OC(C)=O)[C@@H](COC(=O)[C@@H](O)C(C)C)OC(=O)[C@H](N=[CH-])C(C)C)C(C)C. The molecule has 0 aliphatic carbocycles. The van der Waals surface area contributed by atoms with Crippen LogP contribution in [0.1, 0.15) is 69.2 Å². The molecule has 0 aromatic heterocycles. The van der Waals surface area contributed by atoms with Gasteiger partial charge < -0.3 is 50.3 Å². The summed E-state index contributed by atoms with van der Waals surface area (Å²) in [4.78, 5) is 83.5. The molecular weight excluding hydrogens is 636 g/mol. The summed E-state index contributed by atoms with van der Waals surface area (Å²) in [5, 5.41) is 20.4. The van der Waals surface area contributed by atoms with Crippen molar-refractivity contribution in [1.82, 2.24) is 0 Å². The van der Waals surface area contributed by atoms with Gasteiger partial charge in [-0.2, -0.15) is 0 Å². The Labute approximate surface area is 281 Å². The van der Waals surface area contributed by atoms with E-state index in [9.17, 15) is 39.0 Å². The maximum absolute atomic E-state index is 13.2. The van der Waals surface area contributed by atoms with Gasteiger partial charge in [-0.05, 0) is 17.8 Å². The van der Waals surface area contributed by atoms with Crippen LogP contribution in [0.2, 0.25) is 0 Å². The van der Waals surface area contributed by atoms with Crippen molar-refractivity contribution in [2.24, 2.45) is 28.7 Å². The fourth-order valence-electron chi connectivity index (χ4n) is 3.98. The van der Waals surface area contributed by atoms with E-state index in [1.54, 1.807) is 27.7 Å². The molecule has 0 amide bonds. The zero-order chi connectivity index (χ0) is 37.5. The molecular formula is C32H50N2O14. The van der Waals surface area contributed by atoms with Crippen molar-refractivity contribution in [3.05, 3.63) is 4.85 Å². The summed E-state index contributed by atoms with van der Waals surface area (Å²) in [6, 6.07) is -2.53. The molecule has 0 aliphatic rings. The van der Waals surface area contributed by atoms with Crippen LogP contribution in [-0.2, 0) is 57.2 Å². The number of aliphatic imine (C=N–C) groups is 1. The molecule has 8 atom stereocenters. The Morgan fingerprint density at radius 1 is 0.625 bits per heavy atom. The van der Waals surface area contributed by atoms with Crippen LogP contribution in [0.25, 0.3) is 4.85 Å². The molecule has 0 rings (SSSR count). The highest BCUT2D eigenvalue weighted by atomic mass is 16.6. The largest absolute Gasteiger partial charge is 0.494 e. The van der Waals surface area contributed by atoms with Gasteiger partial charge in [0.25, 0.3) is 6.57 Å². The smallest absolute Gasteiger partial charge is 0.395 e. The van der Waals surface area contributed by atoms with Gasteiger partial charge in [0, 0.05) is 19.8 Å². The number of esters is 6. The van der Waals surface area contributed by atoms with Gasteiger partial charge in [-0.25, -0.2) is 19.2 Å². The van der Waals surface area contributed by atoms with Gasteiger partial charge in [0.15, 0.2) is 36.6 Å². The third-order valence-electron chi connectivity index (χ3n) is 6.79. The molecule has 0 spiro atoms. The monoisotopic (exact) mass is 686 g/mol. The minimum Gasteiger partial charge on any atom is -0.494 e. The number of hydrogen-bond acceptors (Lipinski definition) is 15. The number of hydrogen-bond donors (Lipinski definition) is 2. The molecule has 0 unspecified atom stereocenters. The molecule has 48 heavy (non-hydrogen) atoms. The Hall–Kier alpha value is -4.10. The predicted octanol–water partition coefficient (Wildman–Crippen LogP) is 1.38. The molecule has 0 bridgehead atoms. The van der Waals surface area contributed by atoms with Crippen LogP contribution in [0.5, 0.6) is 0 Å². The average Bonchev–Trinajstić information content (AvgIpc) is 2.97. The summed E-state index contributed by atoms with van der Waals surface area (Å²) in [6.45, 7) is 23.5. The van der Waals surface area contributed by atoms with Gasteiger partial charge in [-0.3, -0.25) is 9.59 Å². The maximum atomic E-state index is 13.2. The van der Waals surface area contributed by atoms with Crippen LogP contribution in [0.3, 0.4) is 0 Å². The molecule has 16 heteroatoms. The number of ether oxygens (including phenoxy) is 6. The number of aliphatic hydroxyl groups excluding tert-OH is 2. The normalized spacial score (nSPS) is 16.3. The van der Waals surface area contributed by atoms with Crippen LogP contribution in [0.4, 0.5) is 0 Å². The lowest BCUT2D eigenvalue weighted by atomic mass is 10.0. The molecule has 0 fully saturated rings. The Bertz CT molecular complexity index is 1160. The maximum Gasteiger partial charge on any atom is 0.395 e. The lowest BCUT2D eigenvalue weighted by Crippen LogP contribution is -2.55. The summed E-state index contributed by atoms with van der Waals surface area (Å²) in [5.41, 5.74) is 0. The first kappa shape index (κ1) is 43.9. The highest BCUT2D eigenvalue weighted by Gasteiger charge is 2.47. The number of carbonyl (C=O) groups is 6. The fraction of sp³-hybridized carbons (Fsp3) is 0.750. The van der Waals surface area contributed by atoms with Gasteiger partial charge in [0.1, 0.15) is 19.3 Å². The van der Waals surface area contributed by atoms with Crippen molar-refractivity contribution in [3.8, 4) is 6.57 Å². The van der Waals surface area contributed by atoms with Crippen molar-refractivity contribution in [2.45, 2.75) is 118 Å². The molecule has 2 N–H and O–H groups in total. The summed E-state index contributed by atoms with van der Waals surface area (Å²) >= 11 is 0. The minimum atomic E-state index is -1.93. The van der Waals surface area contributed by atoms with Gasteiger partial charge in [-0.15, -0.1) is 0 Å². The molecule has 272 valence electrons. The van der Waals surface area contributed by atoms with Gasteiger partial charge in [0.05, 0.1) is 0 Å². The van der Waals surface area contributed by atoms with Crippen molar-refractivity contribution in [1.29, 1.82) is 0 Å². The van der Waals surface area contributed by atoms with Crippen LogP contribution in [-0.4, -0.2) is 115 Å². The van der Waals surface area contributed by atoms with Crippen molar-refractivity contribution >= 4 is 42.5 Å². The molecule has 0 aliphatic heterocycles. The van der Waals surface area contributed by atoms with E-state index < -0.39 is 121 Å². The first-order chi connectivity index (χ1) is 22.2. The summed E-state index contributed by atoms with van der Waals surface area (Å²) in [6.07, 6.45) is -10.7. The molecule has 0 aromatic rings. The van der Waals surface area contributed by atoms with Crippen molar-refractivity contribution < 1.29 is 67.4 Å². The van der Waals surface area contributed by atoms with Crippen molar-refractivity contribution in [2.75, 3.05) is 13.2 Å². The molecule has 0 radical (unpaired) electrons. The van der Waals surface area contributed by atoms with E-state index in [1.807, 2.05) is 0 Å². The highest BCUT2D eigenvalue weighted by molar-refractivity contribution is 5.79. The second-order valence-corrected chi connectivity index (χ2v) is 12.4. The van der Waals surface area contributed by atoms with Gasteiger partial charge in [0.2, 0.25) is 0 Å². The lowest BCUT2D eigenvalue weighted by molar-refractivity contribution is -0.210. The van der Waals surface area contributed by atoms with E-state index >= 15 is 0 Å². The summed E-state index contributed by atoms with van der Waals surface area (Å²) < 4.78 is 32.4. The van der Waals surface area contributed by atoms with E-state index in [0.717, 1.165) is 13.8 Å². The number of rotatable bonds is 20. The van der Waals surface area contributed by atoms with Crippen LogP contribution in [0.15, 0.2) is 4.99 Å². The Morgan fingerprint density at radius 3 is 1.27 bits per heavy atom. The molecule has 16 nitrogen and oxygen atoms in total. The molecule has 0 aromatic carbocycles. The van der Waals surface area contributed by atoms with Crippen LogP contribution < -0.4 is 0 Å². The lowest BCUT2D eigenvalue weighted by Gasteiger charge is -2.36. The quantitative estimate of drug-likeness (QED) is 0.0801. The van der Waals surface area contributed by atoms with E-state index in [2.05, 4.69) is 9.84 Å². The third kappa shape index (κ3) is 14.3. The number of aliphatic hydroxyl groups is 2. The topological polar surface area (TPSA) is 215 Å². The first-order valence-corrected chi connectivity index (χ1v) is 15.4. The second-order valence-electron chi connectivity index (χ2n) is 12.4. The first-order valence-electron chi connectivity index (χ1n) is 15.4. The fourth-order valence-corrected chi connectivity index (χ4v) is 3.98. The number of carbonyl (C=O) groups excluding carboxylic acids is 6. The summed E-state index contributed by atoms with van der Waals surface area (Å²) in [5.74, 6) is -8.63. The standard InChI is InChI=1S/C32H50N2O14/c1-15(2)23(33-11)29(39)47-21(13-43-31(41)25(37)17(5)6)27(45-19(9)35)28(46-20(10)36)22(14-44-32(42)26(38)18(7)8)48-30(40)24(34-12)16(3)4/h11-12,15-18,21-28,37-38H,13-14H2,1-10H3/t21-,22-,23-,24+,25+,26-,27-,28+/m1/s1. The highest BCUT2D eigenvalue weighted by Crippen LogP contribution is 2.24. The Morgan fingerprint density at radius 2 is 1.00 bits per heavy atom. The third-order valence-corrected chi connectivity index (χ3v) is 6.79. The van der Waals surface area contributed by atoms with E-state index in [4.69, 9.17) is 41.7 Å². The Balaban J connectivity index is 7.26. The van der Waals surface area contributed by atoms with E-state index in [-0.39, 0.29) is 0 Å². The second kappa shape index (κ2) is 21.0. The average molecular weight is 687 g/mol. The van der Waals surface area contributed by atoms with Crippen LogP contribution >= 0.6 is 0 Å². The number of nitrogens with zero attached hydrogens (tertiary/aromatic N) is 2. The van der Waals surface area contributed by atoms with Gasteiger partial charge >= 0.3 is 41.9 Å². The zero-order valence-electron chi connectivity index (χ0n) is 29.2. The zero-order valence-corrected chi connectivity index (χ0v) is 29.2. The minimum absolute atomic E-state index is 0.501. The molecule has 0 saturated heterocycles. The predicted molar refractivity (Wildman–Crippen MR) is 169 cm³/mol. The van der Waals surface area contributed by atoms with Crippen molar-refractivity contribution in [3.63, 3.8) is 0 Å². The van der Waals surface area contributed by atoms with Gasteiger partial charge in [-0.1, -0.05) is 60.2 Å². The van der Waals surface area contributed by atoms with E-state index in [0.29, 0.717) is 0 Å².